The Bertz CT molecular complexity index is 139. The second kappa shape index (κ2) is 3.38. The van der Waals surface area contributed by atoms with Gasteiger partial charge in [-0.15, -0.1) is 0 Å². The topological polar surface area (TPSA) is 43.4 Å². The van der Waals surface area contributed by atoms with Crippen LogP contribution in [0.5, 0.6) is 0 Å². The molecule has 0 aliphatic heterocycles. The summed E-state index contributed by atoms with van der Waals surface area (Å²) in [6, 6.07) is 0. The Kier molecular flexibility index (Phi) is 3.53. The van der Waals surface area contributed by atoms with Crippen LogP contribution in [0.4, 0.5) is 0 Å². The molecule has 0 rings (SSSR count). The molecule has 0 aromatic heterocycles. The van der Waals surface area contributed by atoms with E-state index in [2.05, 4.69) is 3.97 Å². The second-order valence-corrected chi connectivity index (χ2v) is 3.65. The highest BCUT2D eigenvalue weighted by atomic mass is 32.2. The molecule has 0 saturated carbocycles. The molecule has 1 unspecified atom stereocenters. The van der Waals surface area contributed by atoms with Crippen molar-refractivity contribution >= 4 is 19.6 Å². The molecule has 0 bridgehead atoms. The van der Waals surface area contributed by atoms with Gasteiger partial charge in [0, 0.05) is 9.47 Å². The maximum absolute atomic E-state index is 10.4. The van der Waals surface area contributed by atoms with E-state index >= 15 is 0 Å². The number of hydrogen-bond acceptors (Lipinski definition) is 3. The van der Waals surface area contributed by atoms with E-state index in [1.807, 2.05) is 0 Å². The van der Waals surface area contributed by atoms with E-state index in [1.54, 1.807) is 16.4 Å². The molecule has 0 amide bonds. The summed E-state index contributed by atoms with van der Waals surface area (Å²) in [5.41, 5.74) is 0. The minimum atomic E-state index is -3.21. The van der Waals surface area contributed by atoms with Crippen molar-refractivity contribution in [2.45, 2.75) is 13.3 Å². The average molecular weight is 156 g/mol. The van der Waals surface area contributed by atoms with Gasteiger partial charge in [-0.25, -0.2) is 0 Å². The SMILES string of the molecule is CCCS(=O)(=O)OP. The van der Waals surface area contributed by atoms with E-state index in [0.29, 0.717) is 6.42 Å². The quantitative estimate of drug-likeness (QED) is 0.560. The molecule has 0 N–H and O–H groups in total. The van der Waals surface area contributed by atoms with Crippen molar-refractivity contribution in [1.29, 1.82) is 0 Å². The summed E-state index contributed by atoms with van der Waals surface area (Å²) in [7, 11) is -1.50. The van der Waals surface area contributed by atoms with Gasteiger partial charge in [0.05, 0.1) is 5.75 Å². The summed E-state index contributed by atoms with van der Waals surface area (Å²) in [5, 5.41) is 0. The van der Waals surface area contributed by atoms with Crippen molar-refractivity contribution in [2.24, 2.45) is 0 Å². The molecule has 0 heterocycles. The van der Waals surface area contributed by atoms with Gasteiger partial charge in [0.1, 0.15) is 0 Å². The van der Waals surface area contributed by atoms with E-state index < -0.39 is 10.1 Å². The Morgan fingerprint density at radius 3 is 2.25 bits per heavy atom. The third-order valence-corrected chi connectivity index (χ3v) is 2.68. The Hall–Kier alpha value is 0.340. The Morgan fingerprint density at radius 1 is 1.62 bits per heavy atom. The molecule has 50 valence electrons. The van der Waals surface area contributed by atoms with Gasteiger partial charge in [0.15, 0.2) is 0 Å². The van der Waals surface area contributed by atoms with Gasteiger partial charge in [0.2, 0.25) is 0 Å². The molecule has 3 nitrogen and oxygen atoms in total. The van der Waals surface area contributed by atoms with Crippen LogP contribution in [-0.4, -0.2) is 14.2 Å². The molecule has 8 heavy (non-hydrogen) atoms. The first-order valence-corrected chi connectivity index (χ1v) is 4.28. The van der Waals surface area contributed by atoms with Crippen molar-refractivity contribution < 1.29 is 12.4 Å². The summed E-state index contributed by atoms with van der Waals surface area (Å²) in [6.07, 6.45) is 0.594. The first-order chi connectivity index (χ1) is 3.62. The van der Waals surface area contributed by atoms with Gasteiger partial charge in [-0.1, -0.05) is 6.92 Å². The van der Waals surface area contributed by atoms with Gasteiger partial charge >= 0.3 is 0 Å². The molecular formula is C3H9O3PS. The minimum absolute atomic E-state index is 0.0937. The van der Waals surface area contributed by atoms with Crippen molar-refractivity contribution in [3.63, 3.8) is 0 Å². The van der Waals surface area contributed by atoms with E-state index in [9.17, 15) is 8.42 Å². The van der Waals surface area contributed by atoms with Crippen LogP contribution in [-0.2, 0) is 14.1 Å². The zero-order valence-electron chi connectivity index (χ0n) is 4.62. The van der Waals surface area contributed by atoms with Crippen LogP contribution < -0.4 is 0 Å². The first kappa shape index (κ1) is 8.34. The monoisotopic (exact) mass is 156 g/mol. The van der Waals surface area contributed by atoms with Gasteiger partial charge in [-0.3, -0.25) is 3.97 Å². The standard InChI is InChI=1S/C3H9O3PS/c1-2-3-8(4,5)6-7/h2-3,7H2,1H3. The van der Waals surface area contributed by atoms with E-state index in [4.69, 9.17) is 0 Å². The average Bonchev–Trinajstić information content (AvgIpc) is 1.67. The van der Waals surface area contributed by atoms with Crippen LogP contribution >= 0.6 is 9.47 Å². The van der Waals surface area contributed by atoms with Crippen LogP contribution in [0.3, 0.4) is 0 Å². The maximum atomic E-state index is 10.4. The molecular weight excluding hydrogens is 147 g/mol. The summed E-state index contributed by atoms with van der Waals surface area (Å²) in [6.45, 7) is 1.78. The van der Waals surface area contributed by atoms with Crippen LogP contribution in [0, 0.1) is 0 Å². The zero-order chi connectivity index (χ0) is 6.62. The highest BCUT2D eigenvalue weighted by Crippen LogP contribution is 1.99. The molecule has 0 aliphatic carbocycles. The Balaban J connectivity index is 3.76. The predicted octanol–water partition coefficient (Wildman–Crippen LogP) is 0.533. The molecule has 0 fully saturated rings. The smallest absolute Gasteiger partial charge is 0.254 e. The van der Waals surface area contributed by atoms with Crippen LogP contribution in [0.1, 0.15) is 13.3 Å². The molecule has 0 radical (unpaired) electrons. The lowest BCUT2D eigenvalue weighted by Gasteiger charge is -1.94. The highest BCUT2D eigenvalue weighted by molar-refractivity contribution is 7.88. The molecule has 1 atom stereocenters. The zero-order valence-corrected chi connectivity index (χ0v) is 6.60. The van der Waals surface area contributed by atoms with Gasteiger partial charge in [-0.05, 0) is 6.42 Å². The lowest BCUT2D eigenvalue weighted by Crippen LogP contribution is -2.02. The molecule has 0 saturated heterocycles. The van der Waals surface area contributed by atoms with E-state index in [1.165, 1.54) is 0 Å². The molecule has 0 aromatic carbocycles. The van der Waals surface area contributed by atoms with Crippen LogP contribution in [0.25, 0.3) is 0 Å². The summed E-state index contributed by atoms with van der Waals surface area (Å²) >= 11 is 0. The predicted molar refractivity (Wildman–Crippen MR) is 34.9 cm³/mol. The van der Waals surface area contributed by atoms with Crippen LogP contribution in [0.2, 0.25) is 0 Å². The lowest BCUT2D eigenvalue weighted by molar-refractivity contribution is 0.516. The lowest BCUT2D eigenvalue weighted by atomic mass is 10.6. The summed E-state index contributed by atoms with van der Waals surface area (Å²) < 4.78 is 24.8. The van der Waals surface area contributed by atoms with Crippen LogP contribution in [0.15, 0.2) is 0 Å². The third kappa shape index (κ3) is 3.36. The Morgan fingerprint density at radius 2 is 2.12 bits per heavy atom. The molecule has 0 aliphatic rings. The number of rotatable bonds is 3. The number of hydrogen-bond donors (Lipinski definition) is 0. The van der Waals surface area contributed by atoms with Crippen molar-refractivity contribution in [3.8, 4) is 0 Å². The molecule has 5 heteroatoms. The maximum Gasteiger partial charge on any atom is 0.269 e. The molecule has 0 aromatic rings. The normalized spacial score (nSPS) is 11.8. The van der Waals surface area contributed by atoms with E-state index in [-0.39, 0.29) is 5.75 Å². The summed E-state index contributed by atoms with van der Waals surface area (Å²) in [4.78, 5) is 0. The largest absolute Gasteiger partial charge is 0.269 e. The van der Waals surface area contributed by atoms with Gasteiger partial charge in [-0.2, -0.15) is 8.42 Å². The van der Waals surface area contributed by atoms with Crippen molar-refractivity contribution in [2.75, 3.05) is 5.75 Å². The van der Waals surface area contributed by atoms with Gasteiger partial charge < -0.3 is 0 Å². The van der Waals surface area contributed by atoms with E-state index in [0.717, 1.165) is 0 Å². The molecule has 0 spiro atoms. The Labute approximate surface area is 51.8 Å². The second-order valence-electron chi connectivity index (χ2n) is 1.36. The van der Waals surface area contributed by atoms with Crippen molar-refractivity contribution in [3.05, 3.63) is 0 Å². The van der Waals surface area contributed by atoms with Crippen molar-refractivity contribution in [1.82, 2.24) is 0 Å². The first-order valence-electron chi connectivity index (χ1n) is 2.23. The fraction of sp³-hybridized carbons (Fsp3) is 1.00. The minimum Gasteiger partial charge on any atom is -0.254 e. The fourth-order valence-electron chi connectivity index (χ4n) is 0.298. The third-order valence-electron chi connectivity index (χ3n) is 0.601. The highest BCUT2D eigenvalue weighted by Gasteiger charge is 2.03. The fourth-order valence-corrected chi connectivity index (χ4v) is 1.18. The summed E-state index contributed by atoms with van der Waals surface area (Å²) in [5.74, 6) is 0.0937. The van der Waals surface area contributed by atoms with Gasteiger partial charge in [0.25, 0.3) is 10.1 Å².